The Balaban J connectivity index is 1.50. The molecule has 12 nitrogen and oxygen atoms in total. The molecule has 1 aliphatic heterocycles. The van der Waals surface area contributed by atoms with Crippen molar-refractivity contribution in [2.75, 3.05) is 11.9 Å². The van der Waals surface area contributed by atoms with E-state index in [9.17, 15) is 28.0 Å². The van der Waals surface area contributed by atoms with E-state index >= 15 is 0 Å². The second kappa shape index (κ2) is 14.4. The third-order valence-electron chi connectivity index (χ3n) is 6.99. The molecule has 1 fully saturated rings. The van der Waals surface area contributed by atoms with Gasteiger partial charge in [-0.25, -0.2) is 13.1 Å². The quantitative estimate of drug-likeness (QED) is 0.149. The van der Waals surface area contributed by atoms with Crippen molar-refractivity contribution >= 4 is 45.0 Å². The summed E-state index contributed by atoms with van der Waals surface area (Å²) in [6, 6.07) is 14.2. The Kier molecular flexibility index (Phi) is 10.7. The number of anilines is 1. The lowest BCUT2D eigenvalue weighted by molar-refractivity contribution is -0.904. The van der Waals surface area contributed by atoms with Crippen LogP contribution in [0.15, 0.2) is 73.1 Å². The summed E-state index contributed by atoms with van der Waals surface area (Å²) < 4.78 is 29.4. The van der Waals surface area contributed by atoms with Crippen molar-refractivity contribution in [1.82, 2.24) is 14.9 Å². The number of aromatic nitrogens is 1. The molecule has 2 atom stereocenters. The molecule has 2 unspecified atom stereocenters. The summed E-state index contributed by atoms with van der Waals surface area (Å²) in [7, 11) is -4.07. The predicted molar refractivity (Wildman–Crippen MR) is 159 cm³/mol. The highest BCUT2D eigenvalue weighted by molar-refractivity contribution is 7.88. The standard InChI is InChI=1S/C29H33ClN6O6S/c30-23-9-8-21(17-31)22(15-23)18-32-28(38)26-7-4-12-36(26)29(39)25(16-27(37)33-24-10-13-35(40)14-11-24)34-43(41,42)19-20-5-2-1-3-6-20/h1-3,5-6,8-11,13-15,25-26,34,40H,4,7,12,16-19,31H2,(H,32,38)/p+1. The van der Waals surface area contributed by atoms with E-state index in [1.54, 1.807) is 48.5 Å². The van der Waals surface area contributed by atoms with E-state index < -0.39 is 52.0 Å². The van der Waals surface area contributed by atoms with Gasteiger partial charge >= 0.3 is 0 Å². The van der Waals surface area contributed by atoms with E-state index in [1.165, 1.54) is 29.4 Å². The number of hydrogen-bond donors (Lipinski definition) is 5. The minimum atomic E-state index is -4.07. The first-order chi connectivity index (χ1) is 20.5. The van der Waals surface area contributed by atoms with E-state index in [0.29, 0.717) is 29.1 Å². The smallest absolute Gasteiger partial charge is 0.243 e. The van der Waals surface area contributed by atoms with Gasteiger partial charge in [-0.3, -0.25) is 19.6 Å². The Morgan fingerprint density at radius 1 is 1.07 bits per heavy atom. The van der Waals surface area contributed by atoms with Crippen LogP contribution in [0.25, 0.3) is 0 Å². The van der Waals surface area contributed by atoms with E-state index in [2.05, 4.69) is 15.4 Å². The first-order valence-electron chi connectivity index (χ1n) is 13.6. The van der Waals surface area contributed by atoms with Gasteiger partial charge in [-0.2, -0.15) is 0 Å². The summed E-state index contributed by atoms with van der Waals surface area (Å²) in [6.45, 7) is 0.618. The zero-order chi connectivity index (χ0) is 31.0. The number of sulfonamides is 1. The van der Waals surface area contributed by atoms with Gasteiger partial charge in [0.05, 0.1) is 17.9 Å². The van der Waals surface area contributed by atoms with Crippen LogP contribution < -0.4 is 25.8 Å². The van der Waals surface area contributed by atoms with Gasteiger partial charge in [0.2, 0.25) is 40.1 Å². The molecule has 228 valence electrons. The number of likely N-dealkylation sites (tertiary alicyclic amines) is 1. The van der Waals surface area contributed by atoms with Crippen molar-refractivity contribution in [3.8, 4) is 0 Å². The molecule has 6 N–H and O–H groups in total. The molecule has 43 heavy (non-hydrogen) atoms. The summed E-state index contributed by atoms with van der Waals surface area (Å²) in [5.74, 6) is -2.13. The van der Waals surface area contributed by atoms with Crippen LogP contribution in [-0.4, -0.2) is 54.9 Å². The maximum absolute atomic E-state index is 13.8. The van der Waals surface area contributed by atoms with Gasteiger partial charge in [-0.15, -0.1) is 0 Å². The Bertz CT molecular complexity index is 1560. The first kappa shape index (κ1) is 31.9. The molecule has 2 aromatic carbocycles. The molecular formula is C29H34ClN6O6S+. The lowest BCUT2D eigenvalue weighted by Crippen LogP contribution is -2.54. The van der Waals surface area contributed by atoms with Crippen molar-refractivity contribution in [2.24, 2.45) is 5.73 Å². The van der Waals surface area contributed by atoms with Crippen molar-refractivity contribution in [2.45, 2.75) is 50.2 Å². The number of amides is 3. The van der Waals surface area contributed by atoms with Crippen molar-refractivity contribution in [3.63, 3.8) is 0 Å². The fourth-order valence-electron chi connectivity index (χ4n) is 4.89. The minimum absolute atomic E-state index is 0.144. The lowest BCUT2D eigenvalue weighted by atomic mass is 10.1. The van der Waals surface area contributed by atoms with Crippen LogP contribution in [0.5, 0.6) is 0 Å². The topological polar surface area (TPSA) is 175 Å². The molecule has 0 radical (unpaired) electrons. The molecule has 3 amide bonds. The molecule has 0 aliphatic carbocycles. The number of carbonyl (C=O) groups is 3. The van der Waals surface area contributed by atoms with Crippen LogP contribution in [0.2, 0.25) is 5.02 Å². The second-order valence-corrected chi connectivity index (χ2v) is 12.3. The van der Waals surface area contributed by atoms with Crippen molar-refractivity contribution in [3.05, 3.63) is 94.8 Å². The lowest BCUT2D eigenvalue weighted by Gasteiger charge is -2.28. The zero-order valence-corrected chi connectivity index (χ0v) is 24.9. The van der Waals surface area contributed by atoms with Gasteiger partial charge in [-0.05, 0) is 41.7 Å². The molecule has 14 heteroatoms. The molecule has 0 spiro atoms. The molecule has 1 aromatic heterocycles. The number of nitrogens with one attached hydrogen (secondary N) is 3. The first-order valence-corrected chi connectivity index (χ1v) is 15.7. The average molecular weight is 630 g/mol. The number of nitrogens with two attached hydrogens (primary N) is 1. The van der Waals surface area contributed by atoms with Crippen LogP contribution in [0.1, 0.15) is 36.0 Å². The third-order valence-corrected chi connectivity index (χ3v) is 8.58. The van der Waals surface area contributed by atoms with Crippen LogP contribution >= 0.6 is 11.6 Å². The highest BCUT2D eigenvalue weighted by atomic mass is 35.5. The molecular weight excluding hydrogens is 596 g/mol. The molecule has 1 saturated heterocycles. The molecule has 3 aromatic rings. The van der Waals surface area contributed by atoms with Crippen molar-refractivity contribution in [1.29, 1.82) is 0 Å². The highest BCUT2D eigenvalue weighted by Gasteiger charge is 2.39. The number of hydrogen-bond acceptors (Lipinski definition) is 7. The normalized spacial score (nSPS) is 15.6. The number of rotatable bonds is 12. The Hall–Kier alpha value is -4.04. The Morgan fingerprint density at radius 3 is 2.49 bits per heavy atom. The van der Waals surface area contributed by atoms with E-state index in [1.807, 2.05) is 0 Å². The zero-order valence-electron chi connectivity index (χ0n) is 23.3. The number of benzene rings is 2. The predicted octanol–water partition coefficient (Wildman–Crippen LogP) is 1.45. The van der Waals surface area contributed by atoms with Crippen LogP contribution in [0, 0.1) is 0 Å². The van der Waals surface area contributed by atoms with Crippen LogP contribution in [0.3, 0.4) is 0 Å². The largest absolute Gasteiger partial charge is 0.350 e. The van der Waals surface area contributed by atoms with Gasteiger partial charge in [0.25, 0.3) is 0 Å². The molecule has 4 rings (SSSR count). The Labute approximate surface area is 254 Å². The van der Waals surface area contributed by atoms with Gasteiger partial charge < -0.3 is 21.3 Å². The van der Waals surface area contributed by atoms with Crippen LogP contribution in [0.4, 0.5) is 5.69 Å². The minimum Gasteiger partial charge on any atom is -0.350 e. The summed E-state index contributed by atoms with van der Waals surface area (Å²) in [5.41, 5.74) is 8.21. The summed E-state index contributed by atoms with van der Waals surface area (Å²) in [6.07, 6.45) is 2.98. The van der Waals surface area contributed by atoms with Gasteiger partial charge in [0.1, 0.15) is 12.1 Å². The highest BCUT2D eigenvalue weighted by Crippen LogP contribution is 2.21. The van der Waals surface area contributed by atoms with E-state index in [-0.39, 0.29) is 19.6 Å². The number of halogens is 1. The molecule has 1 aliphatic rings. The third kappa shape index (κ3) is 8.97. The van der Waals surface area contributed by atoms with Gasteiger partial charge in [0.15, 0.2) is 0 Å². The average Bonchev–Trinajstić information content (AvgIpc) is 3.47. The van der Waals surface area contributed by atoms with Crippen molar-refractivity contribution < 1.29 is 32.7 Å². The summed E-state index contributed by atoms with van der Waals surface area (Å²) in [4.78, 5) is 41.3. The summed E-state index contributed by atoms with van der Waals surface area (Å²) in [5, 5.41) is 15.4. The molecule has 2 heterocycles. The van der Waals surface area contributed by atoms with Gasteiger partial charge in [-0.1, -0.05) is 48.0 Å². The van der Waals surface area contributed by atoms with E-state index in [0.717, 1.165) is 15.9 Å². The van der Waals surface area contributed by atoms with Gasteiger partial charge in [0, 0.05) is 41.5 Å². The maximum atomic E-state index is 13.8. The Morgan fingerprint density at radius 2 is 1.79 bits per heavy atom. The molecule has 0 bridgehead atoms. The molecule has 0 saturated carbocycles. The number of nitrogens with zero attached hydrogens (tertiary/aromatic N) is 2. The number of carbonyl (C=O) groups excluding carboxylic acids is 3. The summed E-state index contributed by atoms with van der Waals surface area (Å²) >= 11 is 6.11. The fourth-order valence-corrected chi connectivity index (χ4v) is 6.42. The number of pyridine rings is 1. The van der Waals surface area contributed by atoms with Crippen LogP contribution in [-0.2, 0) is 43.2 Å². The van der Waals surface area contributed by atoms with E-state index in [4.69, 9.17) is 17.3 Å². The SMILES string of the molecule is NCc1ccc(Cl)cc1CNC(=O)C1CCCN1C(=O)C(CC(=O)Nc1cc[n+](O)cc1)NS(=O)(=O)Cc1ccccc1. The monoisotopic (exact) mass is 629 g/mol. The fraction of sp³-hybridized carbons (Fsp3) is 0.310. The maximum Gasteiger partial charge on any atom is 0.243 e. The second-order valence-electron chi connectivity index (χ2n) is 10.2.